The van der Waals surface area contributed by atoms with Gasteiger partial charge in [0.25, 0.3) is 0 Å². The fourth-order valence-electron chi connectivity index (χ4n) is 2.96. The molecule has 0 aliphatic carbocycles. The molecule has 30 heavy (non-hydrogen) atoms. The molecule has 3 aromatic rings. The first-order chi connectivity index (χ1) is 14.5. The van der Waals surface area contributed by atoms with Gasteiger partial charge in [0.15, 0.2) is 11.5 Å². The first kappa shape index (κ1) is 21.0. The summed E-state index contributed by atoms with van der Waals surface area (Å²) in [4.78, 5) is 11.3. The second-order valence-corrected chi connectivity index (χ2v) is 6.40. The van der Waals surface area contributed by atoms with Crippen molar-refractivity contribution < 1.29 is 28.5 Å². The Balaban J connectivity index is 1.84. The van der Waals surface area contributed by atoms with Crippen molar-refractivity contribution in [2.45, 2.75) is 13.2 Å². The molecule has 0 aromatic heterocycles. The third-order valence-corrected chi connectivity index (χ3v) is 4.53. The van der Waals surface area contributed by atoms with Crippen LogP contribution in [0.1, 0.15) is 21.5 Å². The van der Waals surface area contributed by atoms with Crippen LogP contribution in [-0.4, -0.2) is 25.3 Å². The number of hydrogen-bond donors (Lipinski definition) is 2. The van der Waals surface area contributed by atoms with Gasteiger partial charge in [-0.3, -0.25) is 0 Å². The summed E-state index contributed by atoms with van der Waals surface area (Å²) in [7, 11) is 3.04. The number of nitrogens with one attached hydrogen (secondary N) is 1. The SMILES string of the molecule is COc1ccc(C(=O)O)cc1NCc1cccc(OC)c1OCc1ccccc1F. The number of aromatic carboxylic acids is 1. The van der Waals surface area contributed by atoms with E-state index in [1.54, 1.807) is 30.3 Å². The minimum atomic E-state index is -1.03. The molecule has 3 aromatic carbocycles. The Labute approximate surface area is 173 Å². The zero-order valence-corrected chi connectivity index (χ0v) is 16.6. The van der Waals surface area contributed by atoms with E-state index in [0.717, 1.165) is 5.56 Å². The van der Waals surface area contributed by atoms with Crippen molar-refractivity contribution in [2.24, 2.45) is 0 Å². The molecule has 0 spiro atoms. The number of carbonyl (C=O) groups is 1. The first-order valence-corrected chi connectivity index (χ1v) is 9.20. The second-order valence-electron chi connectivity index (χ2n) is 6.40. The van der Waals surface area contributed by atoms with Crippen LogP contribution < -0.4 is 19.5 Å². The van der Waals surface area contributed by atoms with Gasteiger partial charge in [0, 0.05) is 17.7 Å². The van der Waals surface area contributed by atoms with Crippen molar-refractivity contribution in [3.05, 3.63) is 83.2 Å². The molecule has 0 atom stereocenters. The molecule has 2 N–H and O–H groups in total. The van der Waals surface area contributed by atoms with E-state index >= 15 is 0 Å². The lowest BCUT2D eigenvalue weighted by Gasteiger charge is -2.17. The largest absolute Gasteiger partial charge is 0.495 e. The lowest BCUT2D eigenvalue weighted by Crippen LogP contribution is -2.07. The van der Waals surface area contributed by atoms with E-state index in [9.17, 15) is 14.3 Å². The molecule has 0 saturated heterocycles. The topological polar surface area (TPSA) is 77.0 Å². The van der Waals surface area contributed by atoms with Gasteiger partial charge >= 0.3 is 5.97 Å². The number of benzene rings is 3. The number of rotatable bonds is 9. The van der Waals surface area contributed by atoms with E-state index < -0.39 is 5.97 Å². The Morgan fingerprint density at radius 3 is 2.40 bits per heavy atom. The lowest BCUT2D eigenvalue weighted by molar-refractivity contribution is 0.0697. The molecule has 7 heteroatoms. The van der Waals surface area contributed by atoms with Crippen molar-refractivity contribution in [3.63, 3.8) is 0 Å². The molecule has 0 heterocycles. The average Bonchev–Trinajstić information content (AvgIpc) is 2.76. The number of para-hydroxylation sites is 1. The second kappa shape index (κ2) is 9.65. The van der Waals surface area contributed by atoms with Crippen molar-refractivity contribution in [2.75, 3.05) is 19.5 Å². The first-order valence-electron chi connectivity index (χ1n) is 9.20. The van der Waals surface area contributed by atoms with Crippen LogP contribution in [0.2, 0.25) is 0 Å². The van der Waals surface area contributed by atoms with Crippen molar-refractivity contribution in [3.8, 4) is 17.2 Å². The number of anilines is 1. The molecule has 0 aliphatic heterocycles. The summed E-state index contributed by atoms with van der Waals surface area (Å²) in [6.45, 7) is 0.348. The standard InChI is InChI=1S/C23H22FNO5/c1-28-20-11-10-15(23(26)27)12-19(20)25-13-16-7-5-9-21(29-2)22(16)30-14-17-6-3-4-8-18(17)24/h3-12,25H,13-14H2,1-2H3,(H,26,27). The zero-order valence-electron chi connectivity index (χ0n) is 16.6. The van der Waals surface area contributed by atoms with Gasteiger partial charge in [-0.1, -0.05) is 30.3 Å². The lowest BCUT2D eigenvalue weighted by atomic mass is 10.1. The molecular weight excluding hydrogens is 389 g/mol. The molecule has 0 radical (unpaired) electrons. The van der Waals surface area contributed by atoms with Crippen molar-refractivity contribution >= 4 is 11.7 Å². The summed E-state index contributed by atoms with van der Waals surface area (Å²) >= 11 is 0. The van der Waals surface area contributed by atoms with E-state index in [1.165, 1.54) is 32.4 Å². The van der Waals surface area contributed by atoms with E-state index in [-0.39, 0.29) is 18.0 Å². The Morgan fingerprint density at radius 1 is 0.967 bits per heavy atom. The number of carboxylic acids is 1. The molecule has 0 aliphatic rings. The number of hydrogen-bond acceptors (Lipinski definition) is 5. The van der Waals surface area contributed by atoms with Crippen LogP contribution >= 0.6 is 0 Å². The molecule has 156 valence electrons. The predicted molar refractivity (Wildman–Crippen MR) is 111 cm³/mol. The van der Waals surface area contributed by atoms with Crippen LogP contribution in [0.4, 0.5) is 10.1 Å². The monoisotopic (exact) mass is 411 g/mol. The number of methoxy groups -OCH3 is 2. The van der Waals surface area contributed by atoms with E-state index in [1.807, 2.05) is 12.1 Å². The van der Waals surface area contributed by atoms with Gasteiger partial charge in [-0.2, -0.15) is 0 Å². The molecule has 6 nitrogen and oxygen atoms in total. The van der Waals surface area contributed by atoms with Crippen molar-refractivity contribution in [1.82, 2.24) is 0 Å². The summed E-state index contributed by atoms with van der Waals surface area (Å²) in [5, 5.41) is 12.4. The summed E-state index contributed by atoms with van der Waals surface area (Å²) < 4.78 is 30.6. The summed E-state index contributed by atoms with van der Waals surface area (Å²) in [6, 6.07) is 16.4. The fourth-order valence-corrected chi connectivity index (χ4v) is 2.96. The highest BCUT2D eigenvalue weighted by Crippen LogP contribution is 2.33. The summed E-state index contributed by atoms with van der Waals surface area (Å²) in [6.07, 6.45) is 0. The molecule has 0 unspecified atom stereocenters. The van der Waals surface area contributed by atoms with Crippen LogP contribution in [0.3, 0.4) is 0 Å². The van der Waals surface area contributed by atoms with Gasteiger partial charge in [-0.15, -0.1) is 0 Å². The van der Waals surface area contributed by atoms with Gasteiger partial charge in [0.2, 0.25) is 0 Å². The Bertz CT molecular complexity index is 1040. The smallest absolute Gasteiger partial charge is 0.335 e. The highest BCUT2D eigenvalue weighted by molar-refractivity contribution is 5.89. The third-order valence-electron chi connectivity index (χ3n) is 4.53. The van der Waals surface area contributed by atoms with Gasteiger partial charge in [0.05, 0.1) is 25.5 Å². The van der Waals surface area contributed by atoms with E-state index in [4.69, 9.17) is 14.2 Å². The van der Waals surface area contributed by atoms with Gasteiger partial charge in [-0.25, -0.2) is 9.18 Å². The summed E-state index contributed by atoms with van der Waals surface area (Å²) in [5.41, 5.74) is 1.85. The average molecular weight is 411 g/mol. The molecule has 0 bridgehead atoms. The molecule has 0 amide bonds. The third kappa shape index (κ3) is 4.81. The Hall–Kier alpha value is -3.74. The van der Waals surface area contributed by atoms with Gasteiger partial charge in [0.1, 0.15) is 18.2 Å². The van der Waals surface area contributed by atoms with Crippen LogP contribution in [-0.2, 0) is 13.2 Å². The van der Waals surface area contributed by atoms with E-state index in [0.29, 0.717) is 35.0 Å². The summed E-state index contributed by atoms with van der Waals surface area (Å²) in [5.74, 6) is 0.121. The Morgan fingerprint density at radius 2 is 1.70 bits per heavy atom. The highest BCUT2D eigenvalue weighted by Gasteiger charge is 2.14. The predicted octanol–water partition coefficient (Wildman–Crippen LogP) is 4.73. The minimum Gasteiger partial charge on any atom is -0.495 e. The maximum Gasteiger partial charge on any atom is 0.335 e. The Kier molecular flexibility index (Phi) is 6.75. The fraction of sp³-hybridized carbons (Fsp3) is 0.174. The van der Waals surface area contributed by atoms with Crippen LogP contribution in [0, 0.1) is 5.82 Å². The maximum absolute atomic E-state index is 13.9. The number of carboxylic acid groups (broad SMARTS) is 1. The molecule has 0 fully saturated rings. The van der Waals surface area contributed by atoms with Gasteiger partial charge < -0.3 is 24.6 Å². The minimum absolute atomic E-state index is 0.0396. The molecule has 3 rings (SSSR count). The quantitative estimate of drug-likeness (QED) is 0.530. The highest BCUT2D eigenvalue weighted by atomic mass is 19.1. The maximum atomic E-state index is 13.9. The molecule has 0 saturated carbocycles. The number of ether oxygens (including phenoxy) is 3. The van der Waals surface area contributed by atoms with Crippen LogP contribution in [0.25, 0.3) is 0 Å². The zero-order chi connectivity index (χ0) is 21.5. The molecular formula is C23H22FNO5. The number of halogens is 1. The van der Waals surface area contributed by atoms with Crippen LogP contribution in [0.15, 0.2) is 60.7 Å². The van der Waals surface area contributed by atoms with Crippen LogP contribution in [0.5, 0.6) is 17.2 Å². The normalized spacial score (nSPS) is 10.4. The van der Waals surface area contributed by atoms with Crippen molar-refractivity contribution in [1.29, 1.82) is 0 Å². The van der Waals surface area contributed by atoms with E-state index in [2.05, 4.69) is 5.32 Å². The van der Waals surface area contributed by atoms with Gasteiger partial charge in [-0.05, 0) is 30.3 Å².